The van der Waals surface area contributed by atoms with E-state index in [1.807, 2.05) is 12.1 Å². The van der Waals surface area contributed by atoms with Gasteiger partial charge < -0.3 is 0 Å². The second-order valence-corrected chi connectivity index (χ2v) is 4.72. The third-order valence-corrected chi connectivity index (χ3v) is 3.55. The zero-order valence-corrected chi connectivity index (χ0v) is 9.78. The lowest BCUT2D eigenvalue weighted by Gasteiger charge is -2.13. The summed E-state index contributed by atoms with van der Waals surface area (Å²) in [7, 11) is 0. The zero-order chi connectivity index (χ0) is 10.1. The fraction of sp³-hybridized carbons (Fsp3) is 0.400. The molecule has 1 fully saturated rings. The number of halogens is 3. The standard InChI is InChI=1S/C10H10Cl3N/c11-9-3-1-2-7(10(9)12)6-14(13)8-4-5-8/h1-3,8H,4-6H2. The van der Waals surface area contributed by atoms with Gasteiger partial charge in [0.05, 0.1) is 10.0 Å². The van der Waals surface area contributed by atoms with Crippen molar-refractivity contribution in [3.63, 3.8) is 0 Å². The van der Waals surface area contributed by atoms with Gasteiger partial charge in [0.25, 0.3) is 0 Å². The van der Waals surface area contributed by atoms with Crippen LogP contribution in [0.2, 0.25) is 10.0 Å². The molecule has 0 aliphatic heterocycles. The molecule has 0 spiro atoms. The van der Waals surface area contributed by atoms with Gasteiger partial charge in [-0.25, -0.2) is 4.42 Å². The Kier molecular flexibility index (Phi) is 3.23. The van der Waals surface area contributed by atoms with Crippen LogP contribution < -0.4 is 0 Å². The van der Waals surface area contributed by atoms with Crippen LogP contribution in [0, 0.1) is 0 Å². The molecule has 0 bridgehead atoms. The Morgan fingerprint density at radius 1 is 1.29 bits per heavy atom. The minimum absolute atomic E-state index is 0.520. The van der Waals surface area contributed by atoms with E-state index in [4.69, 9.17) is 35.0 Å². The van der Waals surface area contributed by atoms with E-state index in [2.05, 4.69) is 0 Å². The van der Waals surface area contributed by atoms with Crippen LogP contribution in [0.15, 0.2) is 18.2 Å². The molecule has 0 saturated heterocycles. The van der Waals surface area contributed by atoms with E-state index in [0.717, 1.165) is 5.56 Å². The quantitative estimate of drug-likeness (QED) is 0.730. The van der Waals surface area contributed by atoms with E-state index < -0.39 is 0 Å². The predicted octanol–water partition coefficient (Wildman–Crippen LogP) is 4.11. The molecule has 1 aromatic carbocycles. The molecule has 1 aliphatic carbocycles. The molecule has 0 atom stereocenters. The van der Waals surface area contributed by atoms with Gasteiger partial charge in [0.15, 0.2) is 0 Å². The van der Waals surface area contributed by atoms with Crippen molar-refractivity contribution in [2.45, 2.75) is 25.4 Å². The minimum atomic E-state index is 0.520. The summed E-state index contributed by atoms with van der Waals surface area (Å²) in [5, 5.41) is 1.20. The summed E-state index contributed by atoms with van der Waals surface area (Å²) in [4.78, 5) is 0. The van der Waals surface area contributed by atoms with E-state index in [1.54, 1.807) is 10.5 Å². The average Bonchev–Trinajstić information content (AvgIpc) is 2.95. The normalized spacial score (nSPS) is 16.3. The summed E-state index contributed by atoms with van der Waals surface area (Å²) < 4.78 is 1.80. The van der Waals surface area contributed by atoms with Crippen molar-refractivity contribution in [1.29, 1.82) is 0 Å². The van der Waals surface area contributed by atoms with Crippen molar-refractivity contribution in [2.75, 3.05) is 0 Å². The maximum Gasteiger partial charge on any atom is 0.0637 e. The molecule has 1 aliphatic rings. The Labute approximate surface area is 98.7 Å². The van der Waals surface area contributed by atoms with Crippen LogP contribution in [-0.2, 0) is 6.54 Å². The van der Waals surface area contributed by atoms with Gasteiger partial charge in [-0.1, -0.05) is 35.3 Å². The lowest BCUT2D eigenvalue weighted by molar-refractivity contribution is 0.441. The van der Waals surface area contributed by atoms with E-state index in [9.17, 15) is 0 Å². The van der Waals surface area contributed by atoms with Gasteiger partial charge >= 0.3 is 0 Å². The first kappa shape index (κ1) is 10.6. The lowest BCUT2D eigenvalue weighted by atomic mass is 10.2. The fourth-order valence-corrected chi connectivity index (χ4v) is 2.02. The minimum Gasteiger partial charge on any atom is -0.213 e. The van der Waals surface area contributed by atoms with Crippen LogP contribution in [0.1, 0.15) is 18.4 Å². The molecular formula is C10H10Cl3N. The Hall–Kier alpha value is 0.0500. The number of rotatable bonds is 3. The molecule has 0 unspecified atom stereocenters. The summed E-state index contributed by atoms with van der Waals surface area (Å²) in [5.74, 6) is 0. The van der Waals surface area contributed by atoms with Crippen LogP contribution in [-0.4, -0.2) is 10.5 Å². The highest BCUT2D eigenvalue weighted by atomic mass is 35.5. The molecule has 0 amide bonds. The van der Waals surface area contributed by atoms with Gasteiger partial charge in [-0.2, -0.15) is 0 Å². The molecular weight excluding hydrogens is 240 g/mol. The molecule has 2 rings (SSSR count). The molecule has 1 nitrogen and oxygen atoms in total. The van der Waals surface area contributed by atoms with Crippen LogP contribution in [0.25, 0.3) is 0 Å². The molecule has 0 N–H and O–H groups in total. The highest BCUT2D eigenvalue weighted by Gasteiger charge is 2.28. The summed E-state index contributed by atoms with van der Waals surface area (Å²) in [5.41, 5.74) is 0.987. The molecule has 4 heteroatoms. The van der Waals surface area contributed by atoms with E-state index >= 15 is 0 Å². The van der Waals surface area contributed by atoms with Gasteiger partial charge in [0, 0.05) is 12.6 Å². The first-order valence-electron chi connectivity index (χ1n) is 4.54. The summed E-state index contributed by atoms with van der Waals surface area (Å²) in [6.07, 6.45) is 2.36. The summed E-state index contributed by atoms with van der Waals surface area (Å²) in [6, 6.07) is 6.14. The van der Waals surface area contributed by atoms with Crippen molar-refractivity contribution < 1.29 is 0 Å². The maximum atomic E-state index is 6.07. The van der Waals surface area contributed by atoms with Crippen molar-refractivity contribution >= 4 is 35.0 Å². The molecule has 1 saturated carbocycles. The predicted molar refractivity (Wildman–Crippen MR) is 60.9 cm³/mol. The van der Waals surface area contributed by atoms with Crippen LogP contribution in [0.4, 0.5) is 0 Å². The lowest BCUT2D eigenvalue weighted by Crippen LogP contribution is -2.13. The van der Waals surface area contributed by atoms with Crippen molar-refractivity contribution in [2.24, 2.45) is 0 Å². The summed E-state index contributed by atoms with van der Waals surface area (Å²) in [6.45, 7) is 0.658. The Balaban J connectivity index is 2.11. The average molecular weight is 251 g/mol. The summed E-state index contributed by atoms with van der Waals surface area (Å²) >= 11 is 18.0. The number of hydrogen-bond donors (Lipinski definition) is 0. The number of hydrogen-bond acceptors (Lipinski definition) is 1. The van der Waals surface area contributed by atoms with Gasteiger partial charge in [-0.05, 0) is 36.2 Å². The second-order valence-electron chi connectivity index (χ2n) is 3.50. The topological polar surface area (TPSA) is 3.24 Å². The third-order valence-electron chi connectivity index (χ3n) is 2.30. The SMILES string of the molecule is Clc1cccc(CN(Cl)C2CC2)c1Cl. The Bertz CT molecular complexity index is 336. The molecule has 1 aromatic rings. The maximum absolute atomic E-state index is 6.07. The molecule has 0 heterocycles. The van der Waals surface area contributed by atoms with Crippen LogP contribution in [0.5, 0.6) is 0 Å². The highest BCUT2D eigenvalue weighted by Crippen LogP contribution is 2.32. The molecule has 14 heavy (non-hydrogen) atoms. The molecule has 0 aromatic heterocycles. The van der Waals surface area contributed by atoms with E-state index in [1.165, 1.54) is 12.8 Å². The third kappa shape index (κ3) is 2.34. The van der Waals surface area contributed by atoms with E-state index in [-0.39, 0.29) is 0 Å². The van der Waals surface area contributed by atoms with Crippen molar-refractivity contribution in [3.05, 3.63) is 33.8 Å². The second kappa shape index (κ2) is 4.28. The Morgan fingerprint density at radius 3 is 2.64 bits per heavy atom. The zero-order valence-electron chi connectivity index (χ0n) is 7.51. The number of benzene rings is 1. The first-order valence-corrected chi connectivity index (χ1v) is 5.63. The molecule has 76 valence electrons. The fourth-order valence-electron chi connectivity index (χ4n) is 1.32. The monoisotopic (exact) mass is 249 g/mol. The first-order chi connectivity index (χ1) is 6.68. The van der Waals surface area contributed by atoms with Gasteiger partial charge in [0.1, 0.15) is 0 Å². The van der Waals surface area contributed by atoms with Gasteiger partial charge in [-0.15, -0.1) is 0 Å². The smallest absolute Gasteiger partial charge is 0.0637 e. The Morgan fingerprint density at radius 2 is 2.00 bits per heavy atom. The van der Waals surface area contributed by atoms with E-state index in [0.29, 0.717) is 22.6 Å². The van der Waals surface area contributed by atoms with Crippen LogP contribution in [0.3, 0.4) is 0 Å². The highest BCUT2D eigenvalue weighted by molar-refractivity contribution is 6.42. The van der Waals surface area contributed by atoms with Crippen LogP contribution >= 0.6 is 35.0 Å². The van der Waals surface area contributed by atoms with Crippen molar-refractivity contribution in [3.8, 4) is 0 Å². The van der Waals surface area contributed by atoms with Crippen molar-refractivity contribution in [1.82, 2.24) is 4.42 Å². The largest absolute Gasteiger partial charge is 0.213 e. The molecule has 0 radical (unpaired) electrons. The number of nitrogens with zero attached hydrogens (tertiary/aromatic N) is 1. The van der Waals surface area contributed by atoms with Gasteiger partial charge in [0.2, 0.25) is 0 Å². The van der Waals surface area contributed by atoms with Gasteiger partial charge in [-0.3, -0.25) is 0 Å².